The van der Waals surface area contributed by atoms with Crippen molar-refractivity contribution in [2.45, 2.75) is 26.7 Å². The maximum Gasteiger partial charge on any atom is 0.346 e. The average molecular weight is 478 g/mol. The van der Waals surface area contributed by atoms with Crippen LogP contribution in [0.5, 0.6) is 5.75 Å². The highest BCUT2D eigenvalue weighted by Crippen LogP contribution is 2.32. The van der Waals surface area contributed by atoms with E-state index in [1.807, 2.05) is 12.1 Å². The number of hydrogen-bond donors (Lipinski definition) is 0. The van der Waals surface area contributed by atoms with Gasteiger partial charge in [-0.3, -0.25) is 0 Å². The molecule has 2 nitrogen and oxygen atoms in total. The number of benzene rings is 4. The highest BCUT2D eigenvalue weighted by molar-refractivity contribution is 5.91. The smallest absolute Gasteiger partial charge is 0.346 e. The highest BCUT2D eigenvalue weighted by Gasteiger charge is 2.20. The largest absolute Gasteiger partial charge is 0.423 e. The summed E-state index contributed by atoms with van der Waals surface area (Å²) >= 11 is 0. The molecule has 178 valence electrons. The summed E-state index contributed by atoms with van der Waals surface area (Å²) in [6.45, 7) is 3.45. The van der Waals surface area contributed by atoms with Crippen LogP contribution in [0, 0.1) is 30.2 Å². The number of ether oxygens (including phenoxy) is 1. The zero-order valence-corrected chi connectivity index (χ0v) is 19.2. The minimum absolute atomic E-state index is 0.0402. The van der Waals surface area contributed by atoms with E-state index in [4.69, 9.17) is 4.74 Å². The van der Waals surface area contributed by atoms with Gasteiger partial charge in [-0.2, -0.15) is 0 Å². The molecule has 35 heavy (non-hydrogen) atoms. The summed E-state index contributed by atoms with van der Waals surface area (Å²) in [5.41, 5.74) is 1.80. The van der Waals surface area contributed by atoms with Crippen molar-refractivity contribution in [3.05, 3.63) is 113 Å². The van der Waals surface area contributed by atoms with Gasteiger partial charge in [0.05, 0.1) is 5.56 Å². The van der Waals surface area contributed by atoms with Gasteiger partial charge in [0, 0.05) is 11.1 Å². The van der Waals surface area contributed by atoms with Gasteiger partial charge in [-0.1, -0.05) is 67.9 Å². The number of aryl methyl sites for hydroxylation is 2. The predicted molar refractivity (Wildman–Crippen MR) is 127 cm³/mol. The molecule has 0 saturated carbocycles. The Hall–Kier alpha value is -3.93. The van der Waals surface area contributed by atoms with E-state index < -0.39 is 34.8 Å². The Bertz CT molecular complexity index is 1380. The van der Waals surface area contributed by atoms with Gasteiger partial charge >= 0.3 is 5.97 Å². The zero-order chi connectivity index (χ0) is 25.1. The first-order chi connectivity index (χ1) is 16.8. The Morgan fingerprint density at radius 3 is 1.77 bits per heavy atom. The van der Waals surface area contributed by atoms with Crippen molar-refractivity contribution in [2.24, 2.45) is 0 Å². The van der Waals surface area contributed by atoms with Gasteiger partial charge in [0.25, 0.3) is 0 Å². The second-order valence-electron chi connectivity index (χ2n) is 8.21. The molecular formula is C29H22F4O2. The zero-order valence-electron chi connectivity index (χ0n) is 19.2. The molecule has 0 spiro atoms. The Kier molecular flexibility index (Phi) is 7.01. The third kappa shape index (κ3) is 4.97. The first-order valence-corrected chi connectivity index (χ1v) is 11.1. The molecule has 0 aliphatic rings. The van der Waals surface area contributed by atoms with Crippen LogP contribution in [0.25, 0.3) is 22.3 Å². The molecule has 0 aliphatic carbocycles. The lowest BCUT2D eigenvalue weighted by Gasteiger charge is -2.11. The number of rotatable bonds is 6. The Morgan fingerprint density at radius 2 is 1.23 bits per heavy atom. The first-order valence-electron chi connectivity index (χ1n) is 11.1. The normalized spacial score (nSPS) is 10.9. The molecule has 0 unspecified atom stereocenters. The van der Waals surface area contributed by atoms with Crippen LogP contribution in [0.15, 0.2) is 72.8 Å². The van der Waals surface area contributed by atoms with E-state index >= 15 is 0 Å². The van der Waals surface area contributed by atoms with Crippen LogP contribution in [0.2, 0.25) is 0 Å². The third-order valence-corrected chi connectivity index (χ3v) is 5.76. The number of halogens is 4. The molecule has 4 aromatic rings. The second-order valence-corrected chi connectivity index (χ2v) is 8.21. The van der Waals surface area contributed by atoms with Crippen molar-refractivity contribution in [3.63, 3.8) is 0 Å². The van der Waals surface area contributed by atoms with Crippen molar-refractivity contribution in [3.8, 4) is 28.0 Å². The van der Waals surface area contributed by atoms with Crippen molar-refractivity contribution < 1.29 is 27.1 Å². The summed E-state index contributed by atoms with van der Waals surface area (Å²) in [5.74, 6) is -5.39. The lowest BCUT2D eigenvalue weighted by Crippen LogP contribution is -2.12. The summed E-state index contributed by atoms with van der Waals surface area (Å²) < 4.78 is 62.7. The van der Waals surface area contributed by atoms with E-state index in [9.17, 15) is 22.4 Å². The van der Waals surface area contributed by atoms with E-state index in [1.54, 1.807) is 12.1 Å². The average Bonchev–Trinajstić information content (AvgIpc) is 2.86. The van der Waals surface area contributed by atoms with E-state index in [0.717, 1.165) is 24.5 Å². The topological polar surface area (TPSA) is 26.3 Å². The third-order valence-electron chi connectivity index (χ3n) is 5.76. The van der Waals surface area contributed by atoms with Gasteiger partial charge in [0.1, 0.15) is 5.75 Å². The SMILES string of the molecule is CCCc1ccc(-c2ccc(-c3ccc(OC(=O)c4ccc(C)c(F)c4F)cc3)c(F)c2F)cc1. The van der Waals surface area contributed by atoms with Crippen LogP contribution < -0.4 is 4.74 Å². The molecule has 0 fully saturated rings. The van der Waals surface area contributed by atoms with Gasteiger partial charge in [0.15, 0.2) is 23.3 Å². The monoisotopic (exact) mass is 478 g/mol. The van der Waals surface area contributed by atoms with Crippen LogP contribution in [0.4, 0.5) is 17.6 Å². The lowest BCUT2D eigenvalue weighted by atomic mass is 9.97. The molecule has 0 radical (unpaired) electrons. The summed E-state index contributed by atoms with van der Waals surface area (Å²) in [6, 6.07) is 18.4. The van der Waals surface area contributed by atoms with E-state index in [1.165, 1.54) is 49.4 Å². The summed E-state index contributed by atoms with van der Waals surface area (Å²) in [7, 11) is 0. The van der Waals surface area contributed by atoms with Gasteiger partial charge < -0.3 is 4.74 Å². The first kappa shape index (κ1) is 24.2. The van der Waals surface area contributed by atoms with Crippen LogP contribution in [0.1, 0.15) is 34.8 Å². The quantitative estimate of drug-likeness (QED) is 0.159. The van der Waals surface area contributed by atoms with E-state index in [-0.39, 0.29) is 22.4 Å². The van der Waals surface area contributed by atoms with Crippen molar-refractivity contribution >= 4 is 5.97 Å². The second kappa shape index (κ2) is 10.1. The molecule has 0 heterocycles. The maximum atomic E-state index is 14.9. The standard InChI is InChI=1S/C29H22F4O2/c1-3-4-18-6-8-19(9-7-18)22-15-16-23(27(32)26(22)31)20-10-12-21(13-11-20)35-29(34)24-14-5-17(2)25(30)28(24)33/h5-16H,3-4H2,1-2H3. The Morgan fingerprint density at radius 1 is 0.686 bits per heavy atom. The molecule has 0 amide bonds. The molecule has 0 bridgehead atoms. The fraction of sp³-hybridized carbons (Fsp3) is 0.138. The van der Waals surface area contributed by atoms with E-state index in [2.05, 4.69) is 6.92 Å². The predicted octanol–water partition coefficient (Wildman–Crippen LogP) is 8.06. The van der Waals surface area contributed by atoms with Gasteiger partial charge in [0.2, 0.25) is 0 Å². The van der Waals surface area contributed by atoms with Gasteiger partial charge in [-0.05, 0) is 53.8 Å². The van der Waals surface area contributed by atoms with Crippen LogP contribution in [-0.2, 0) is 6.42 Å². The molecular weight excluding hydrogens is 456 g/mol. The lowest BCUT2D eigenvalue weighted by molar-refractivity contribution is 0.0728. The van der Waals surface area contributed by atoms with E-state index in [0.29, 0.717) is 11.1 Å². The summed E-state index contributed by atoms with van der Waals surface area (Å²) in [5, 5.41) is 0. The van der Waals surface area contributed by atoms with Crippen molar-refractivity contribution in [1.82, 2.24) is 0 Å². The summed E-state index contributed by atoms with van der Waals surface area (Å²) in [6.07, 6.45) is 1.91. The molecule has 0 saturated heterocycles. The Balaban J connectivity index is 1.55. The highest BCUT2D eigenvalue weighted by atomic mass is 19.2. The van der Waals surface area contributed by atoms with Crippen LogP contribution >= 0.6 is 0 Å². The van der Waals surface area contributed by atoms with Crippen LogP contribution in [-0.4, -0.2) is 5.97 Å². The minimum Gasteiger partial charge on any atom is -0.423 e. The summed E-state index contributed by atoms with van der Waals surface area (Å²) in [4.78, 5) is 12.2. The maximum absolute atomic E-state index is 14.9. The number of carbonyl (C=O) groups excluding carboxylic acids is 1. The molecule has 0 aromatic heterocycles. The molecule has 0 N–H and O–H groups in total. The van der Waals surface area contributed by atoms with Crippen LogP contribution in [0.3, 0.4) is 0 Å². The number of carbonyl (C=O) groups is 1. The molecule has 0 aliphatic heterocycles. The van der Waals surface area contributed by atoms with Gasteiger partial charge in [-0.15, -0.1) is 0 Å². The minimum atomic E-state index is -1.29. The molecule has 4 aromatic carbocycles. The van der Waals surface area contributed by atoms with Crippen molar-refractivity contribution in [1.29, 1.82) is 0 Å². The molecule has 0 atom stereocenters. The Labute approximate surface area is 200 Å². The van der Waals surface area contributed by atoms with Gasteiger partial charge in [-0.25, -0.2) is 22.4 Å². The number of hydrogen-bond acceptors (Lipinski definition) is 2. The molecule has 6 heteroatoms. The molecule has 4 rings (SSSR count). The van der Waals surface area contributed by atoms with Crippen molar-refractivity contribution in [2.75, 3.05) is 0 Å². The fourth-order valence-corrected chi connectivity index (χ4v) is 3.80. The fourth-order valence-electron chi connectivity index (χ4n) is 3.80. The number of esters is 1.